The number of carbonyl (C=O) groups excluding carboxylic acids is 1. The third-order valence-corrected chi connectivity index (χ3v) is 2.43. The second-order valence-corrected chi connectivity index (χ2v) is 5.33. The first-order valence-electron chi connectivity index (χ1n) is 5.82. The number of benzene rings is 1. The van der Waals surface area contributed by atoms with Crippen LogP contribution < -0.4 is 10.9 Å². The van der Waals surface area contributed by atoms with E-state index < -0.39 is 22.9 Å². The van der Waals surface area contributed by atoms with Crippen LogP contribution in [0.25, 0.3) is 11.0 Å². The van der Waals surface area contributed by atoms with Crippen LogP contribution in [0.5, 0.6) is 0 Å². The average Bonchev–Trinajstić information content (AvgIpc) is 2.26. The van der Waals surface area contributed by atoms with Crippen LogP contribution in [0.4, 0.5) is 4.39 Å². The van der Waals surface area contributed by atoms with Gasteiger partial charge in [-0.1, -0.05) is 0 Å². The van der Waals surface area contributed by atoms with Crippen molar-refractivity contribution in [1.29, 1.82) is 0 Å². The number of amides is 1. The second-order valence-electron chi connectivity index (χ2n) is 5.33. The third-order valence-electron chi connectivity index (χ3n) is 2.43. The Balaban J connectivity index is 2.52. The van der Waals surface area contributed by atoms with Gasteiger partial charge in [-0.05, 0) is 45.0 Å². The predicted molar refractivity (Wildman–Crippen MR) is 69.7 cm³/mol. The van der Waals surface area contributed by atoms with Crippen LogP contribution in [0.15, 0.2) is 33.5 Å². The van der Waals surface area contributed by atoms with E-state index in [4.69, 9.17) is 4.42 Å². The summed E-state index contributed by atoms with van der Waals surface area (Å²) in [5.74, 6) is -0.990. The van der Waals surface area contributed by atoms with Crippen molar-refractivity contribution in [3.8, 4) is 0 Å². The molecular weight excluding hydrogens is 249 g/mol. The summed E-state index contributed by atoms with van der Waals surface area (Å²) in [4.78, 5) is 23.7. The number of hydrogen-bond acceptors (Lipinski definition) is 3. The van der Waals surface area contributed by atoms with E-state index in [1.165, 1.54) is 24.3 Å². The molecule has 19 heavy (non-hydrogen) atoms. The zero-order valence-electron chi connectivity index (χ0n) is 10.9. The van der Waals surface area contributed by atoms with E-state index in [0.717, 1.165) is 0 Å². The fraction of sp³-hybridized carbons (Fsp3) is 0.286. The van der Waals surface area contributed by atoms with Crippen LogP contribution in [0.2, 0.25) is 0 Å². The van der Waals surface area contributed by atoms with Crippen LogP contribution in [0, 0.1) is 5.82 Å². The van der Waals surface area contributed by atoms with E-state index in [1.807, 2.05) is 0 Å². The fourth-order valence-corrected chi connectivity index (χ4v) is 1.66. The van der Waals surface area contributed by atoms with Crippen LogP contribution in [-0.2, 0) is 0 Å². The molecule has 0 radical (unpaired) electrons. The molecule has 0 aliphatic rings. The Morgan fingerprint density at radius 2 is 1.95 bits per heavy atom. The van der Waals surface area contributed by atoms with Gasteiger partial charge in [-0.2, -0.15) is 0 Å². The summed E-state index contributed by atoms with van der Waals surface area (Å²) in [6, 6.07) is 5.11. The van der Waals surface area contributed by atoms with Gasteiger partial charge in [0.05, 0.1) is 0 Å². The molecule has 0 atom stereocenters. The minimum Gasteiger partial charge on any atom is -0.422 e. The Bertz CT molecular complexity index is 698. The first-order valence-corrected chi connectivity index (χ1v) is 5.82. The summed E-state index contributed by atoms with van der Waals surface area (Å²) in [5, 5.41) is 3.04. The molecule has 1 N–H and O–H groups in total. The van der Waals surface area contributed by atoms with Gasteiger partial charge in [-0.3, -0.25) is 4.79 Å². The maximum atomic E-state index is 13.1. The maximum Gasteiger partial charge on any atom is 0.349 e. The SMILES string of the molecule is CC(C)(C)NC(=O)c1cc2cc(F)ccc2oc1=O. The molecule has 0 saturated carbocycles. The minimum atomic E-state index is -0.735. The molecule has 5 heteroatoms. The zero-order valence-corrected chi connectivity index (χ0v) is 10.9. The highest BCUT2D eigenvalue weighted by molar-refractivity contribution is 5.96. The highest BCUT2D eigenvalue weighted by Crippen LogP contribution is 2.15. The molecule has 0 saturated heterocycles. The Kier molecular flexibility index (Phi) is 3.14. The number of fused-ring (bicyclic) bond motifs is 1. The van der Waals surface area contributed by atoms with E-state index in [1.54, 1.807) is 20.8 Å². The van der Waals surface area contributed by atoms with Crippen molar-refractivity contribution >= 4 is 16.9 Å². The Labute approximate surface area is 109 Å². The molecule has 0 fully saturated rings. The van der Waals surface area contributed by atoms with Crippen molar-refractivity contribution in [1.82, 2.24) is 5.32 Å². The monoisotopic (exact) mass is 263 g/mol. The van der Waals surface area contributed by atoms with Crippen molar-refractivity contribution in [2.75, 3.05) is 0 Å². The maximum absolute atomic E-state index is 13.1. The lowest BCUT2D eigenvalue weighted by Crippen LogP contribution is -2.42. The number of rotatable bonds is 1. The molecule has 100 valence electrons. The van der Waals surface area contributed by atoms with Crippen molar-refractivity contribution in [3.63, 3.8) is 0 Å². The topological polar surface area (TPSA) is 59.3 Å². The van der Waals surface area contributed by atoms with E-state index in [2.05, 4.69) is 5.32 Å². The lowest BCUT2D eigenvalue weighted by molar-refractivity contribution is 0.0916. The first-order chi connectivity index (χ1) is 8.76. The van der Waals surface area contributed by atoms with Gasteiger partial charge < -0.3 is 9.73 Å². The Morgan fingerprint density at radius 3 is 2.58 bits per heavy atom. The largest absolute Gasteiger partial charge is 0.422 e. The van der Waals surface area contributed by atoms with Crippen molar-refractivity contribution in [3.05, 3.63) is 46.1 Å². The van der Waals surface area contributed by atoms with E-state index in [-0.39, 0.29) is 11.1 Å². The third kappa shape index (κ3) is 2.99. The van der Waals surface area contributed by atoms with Gasteiger partial charge in [0.2, 0.25) is 0 Å². The molecule has 0 bridgehead atoms. The van der Waals surface area contributed by atoms with Crippen LogP contribution in [-0.4, -0.2) is 11.4 Å². The summed E-state index contributed by atoms with van der Waals surface area (Å²) >= 11 is 0. The average molecular weight is 263 g/mol. The molecule has 2 rings (SSSR count). The highest BCUT2D eigenvalue weighted by atomic mass is 19.1. The van der Waals surface area contributed by atoms with E-state index >= 15 is 0 Å². The molecule has 1 heterocycles. The summed E-state index contributed by atoms with van der Waals surface area (Å²) in [7, 11) is 0. The highest BCUT2D eigenvalue weighted by Gasteiger charge is 2.19. The molecule has 0 spiro atoms. The van der Waals surface area contributed by atoms with Gasteiger partial charge in [0.25, 0.3) is 5.91 Å². The summed E-state index contributed by atoms with van der Waals surface area (Å²) in [5.41, 5.74) is -1.09. The van der Waals surface area contributed by atoms with Crippen molar-refractivity contribution in [2.24, 2.45) is 0 Å². The number of halogens is 1. The number of nitrogens with one attached hydrogen (secondary N) is 1. The molecule has 0 aliphatic heterocycles. The van der Waals surface area contributed by atoms with E-state index in [9.17, 15) is 14.0 Å². The molecule has 1 aromatic carbocycles. The van der Waals surface area contributed by atoms with Gasteiger partial charge >= 0.3 is 5.63 Å². The van der Waals surface area contributed by atoms with E-state index in [0.29, 0.717) is 5.39 Å². The molecule has 4 nitrogen and oxygen atoms in total. The summed E-state index contributed by atoms with van der Waals surface area (Å²) in [6.07, 6.45) is 0. The van der Waals surface area contributed by atoms with Gasteiger partial charge in [-0.25, -0.2) is 9.18 Å². The molecular formula is C14H14FNO3. The molecule has 1 aromatic heterocycles. The minimum absolute atomic E-state index is 0.131. The predicted octanol–water partition coefficient (Wildman–Crippen LogP) is 2.46. The normalized spacial score (nSPS) is 11.6. The quantitative estimate of drug-likeness (QED) is 0.804. The standard InChI is InChI=1S/C14H14FNO3/c1-14(2,3)16-12(17)10-7-8-6-9(15)4-5-11(8)19-13(10)18/h4-7H,1-3H3,(H,16,17). The van der Waals surface area contributed by atoms with Gasteiger partial charge in [0.1, 0.15) is 17.0 Å². The van der Waals surface area contributed by atoms with Crippen LogP contribution in [0.1, 0.15) is 31.1 Å². The van der Waals surface area contributed by atoms with Gasteiger partial charge in [0.15, 0.2) is 0 Å². The lowest BCUT2D eigenvalue weighted by Gasteiger charge is -2.20. The Morgan fingerprint density at radius 1 is 1.26 bits per heavy atom. The van der Waals surface area contributed by atoms with Crippen LogP contribution >= 0.6 is 0 Å². The zero-order chi connectivity index (χ0) is 14.2. The molecule has 2 aromatic rings. The Hall–Kier alpha value is -2.17. The fourth-order valence-electron chi connectivity index (χ4n) is 1.66. The van der Waals surface area contributed by atoms with Gasteiger partial charge in [0, 0.05) is 10.9 Å². The first kappa shape index (κ1) is 13.3. The molecule has 1 amide bonds. The lowest BCUT2D eigenvalue weighted by atomic mass is 10.1. The second kappa shape index (κ2) is 4.50. The molecule has 0 aliphatic carbocycles. The van der Waals surface area contributed by atoms with Crippen LogP contribution in [0.3, 0.4) is 0 Å². The molecule has 0 unspecified atom stereocenters. The smallest absolute Gasteiger partial charge is 0.349 e. The van der Waals surface area contributed by atoms with Gasteiger partial charge in [-0.15, -0.1) is 0 Å². The summed E-state index contributed by atoms with van der Waals surface area (Å²) < 4.78 is 18.1. The van der Waals surface area contributed by atoms with Crippen molar-refractivity contribution in [2.45, 2.75) is 26.3 Å². The number of hydrogen-bond donors (Lipinski definition) is 1. The summed E-state index contributed by atoms with van der Waals surface area (Å²) in [6.45, 7) is 5.40. The van der Waals surface area contributed by atoms with Crippen molar-refractivity contribution < 1.29 is 13.6 Å². The number of carbonyl (C=O) groups is 1.